The van der Waals surface area contributed by atoms with Gasteiger partial charge in [-0.25, -0.2) is 4.79 Å². The third-order valence-corrected chi connectivity index (χ3v) is 4.17. The standard InChI is InChI=1S/C17H23NO3/c1-12-8-14(10-15(9-12)17(20)21)16(19)18(2)11-13-6-4-3-5-7-13/h8-10,13H,3-7,11H2,1-2H3,(H,20,21). The van der Waals surface area contributed by atoms with Crippen molar-refractivity contribution in [1.82, 2.24) is 4.90 Å². The largest absolute Gasteiger partial charge is 0.478 e. The number of rotatable bonds is 4. The normalized spacial score (nSPS) is 15.7. The van der Waals surface area contributed by atoms with Crippen molar-refractivity contribution in [3.63, 3.8) is 0 Å². The Balaban J connectivity index is 2.09. The van der Waals surface area contributed by atoms with Crippen LogP contribution >= 0.6 is 0 Å². The lowest BCUT2D eigenvalue weighted by Gasteiger charge is -2.27. The quantitative estimate of drug-likeness (QED) is 0.924. The minimum absolute atomic E-state index is 0.0910. The number of nitrogens with zero attached hydrogens (tertiary/aromatic N) is 1. The van der Waals surface area contributed by atoms with Gasteiger partial charge < -0.3 is 10.0 Å². The van der Waals surface area contributed by atoms with E-state index in [-0.39, 0.29) is 11.5 Å². The highest BCUT2D eigenvalue weighted by Crippen LogP contribution is 2.24. The van der Waals surface area contributed by atoms with Crippen molar-refractivity contribution in [1.29, 1.82) is 0 Å². The van der Waals surface area contributed by atoms with Crippen molar-refractivity contribution in [3.8, 4) is 0 Å². The Hall–Kier alpha value is -1.84. The Bertz CT molecular complexity index is 533. The zero-order chi connectivity index (χ0) is 15.4. The Labute approximate surface area is 125 Å². The highest BCUT2D eigenvalue weighted by atomic mass is 16.4. The summed E-state index contributed by atoms with van der Waals surface area (Å²) in [6.07, 6.45) is 6.17. The summed E-state index contributed by atoms with van der Waals surface area (Å²) >= 11 is 0. The molecule has 1 amide bonds. The first-order valence-corrected chi connectivity index (χ1v) is 7.58. The molecule has 0 bridgehead atoms. The minimum atomic E-state index is -0.998. The first-order valence-electron chi connectivity index (χ1n) is 7.58. The van der Waals surface area contributed by atoms with Gasteiger partial charge in [-0.15, -0.1) is 0 Å². The van der Waals surface area contributed by atoms with Gasteiger partial charge in [0.2, 0.25) is 0 Å². The summed E-state index contributed by atoms with van der Waals surface area (Å²) in [5.41, 5.74) is 1.43. The van der Waals surface area contributed by atoms with Crippen molar-refractivity contribution in [2.75, 3.05) is 13.6 Å². The van der Waals surface area contributed by atoms with Crippen LogP contribution in [0.15, 0.2) is 18.2 Å². The molecule has 1 aromatic carbocycles. The molecule has 2 rings (SSSR count). The van der Waals surface area contributed by atoms with Crippen LogP contribution in [0.2, 0.25) is 0 Å². The van der Waals surface area contributed by atoms with E-state index in [1.54, 1.807) is 24.1 Å². The van der Waals surface area contributed by atoms with Crippen molar-refractivity contribution < 1.29 is 14.7 Å². The number of carboxylic acid groups (broad SMARTS) is 1. The molecule has 1 aliphatic rings. The maximum Gasteiger partial charge on any atom is 0.335 e. The summed E-state index contributed by atoms with van der Waals surface area (Å²) in [6.45, 7) is 2.57. The van der Waals surface area contributed by atoms with Gasteiger partial charge in [-0.2, -0.15) is 0 Å². The molecule has 4 heteroatoms. The van der Waals surface area contributed by atoms with Crippen LogP contribution in [0.5, 0.6) is 0 Å². The lowest BCUT2D eigenvalue weighted by Crippen LogP contribution is -2.32. The SMILES string of the molecule is Cc1cc(C(=O)O)cc(C(=O)N(C)CC2CCCCC2)c1. The highest BCUT2D eigenvalue weighted by Gasteiger charge is 2.20. The van der Waals surface area contributed by atoms with E-state index in [2.05, 4.69) is 0 Å². The minimum Gasteiger partial charge on any atom is -0.478 e. The smallest absolute Gasteiger partial charge is 0.335 e. The summed E-state index contributed by atoms with van der Waals surface area (Å²) < 4.78 is 0. The maximum absolute atomic E-state index is 12.5. The fraction of sp³-hybridized carbons (Fsp3) is 0.529. The first-order chi connectivity index (χ1) is 9.97. The molecule has 0 heterocycles. The third-order valence-electron chi connectivity index (χ3n) is 4.17. The van der Waals surface area contributed by atoms with Crippen LogP contribution in [0.4, 0.5) is 0 Å². The predicted molar refractivity (Wildman–Crippen MR) is 81.7 cm³/mol. The molecular formula is C17H23NO3. The number of carbonyl (C=O) groups is 2. The molecule has 1 aliphatic carbocycles. The van der Waals surface area contributed by atoms with Crippen molar-refractivity contribution >= 4 is 11.9 Å². The van der Waals surface area contributed by atoms with E-state index in [9.17, 15) is 9.59 Å². The molecule has 0 aliphatic heterocycles. The molecule has 0 saturated heterocycles. The van der Waals surface area contributed by atoms with Crippen LogP contribution < -0.4 is 0 Å². The van der Waals surface area contributed by atoms with Gasteiger partial charge >= 0.3 is 5.97 Å². The van der Waals surface area contributed by atoms with E-state index in [4.69, 9.17) is 5.11 Å². The zero-order valence-electron chi connectivity index (χ0n) is 12.8. The Morgan fingerprint density at radius 1 is 1.14 bits per heavy atom. The third kappa shape index (κ3) is 4.06. The Kier molecular flexibility index (Phi) is 4.99. The molecule has 1 fully saturated rings. The maximum atomic E-state index is 12.5. The fourth-order valence-corrected chi connectivity index (χ4v) is 3.09. The molecule has 0 atom stereocenters. The average molecular weight is 289 g/mol. The molecule has 0 radical (unpaired) electrons. The molecule has 21 heavy (non-hydrogen) atoms. The Morgan fingerprint density at radius 3 is 2.38 bits per heavy atom. The molecular weight excluding hydrogens is 266 g/mol. The second-order valence-electron chi connectivity index (χ2n) is 6.08. The molecule has 114 valence electrons. The molecule has 1 N–H and O–H groups in total. The van der Waals surface area contributed by atoms with E-state index in [0.29, 0.717) is 11.5 Å². The predicted octanol–water partition coefficient (Wildman–Crippen LogP) is 3.35. The van der Waals surface area contributed by atoms with Crippen molar-refractivity contribution in [3.05, 3.63) is 34.9 Å². The average Bonchev–Trinajstić information content (AvgIpc) is 2.46. The monoisotopic (exact) mass is 289 g/mol. The number of hydrogen-bond donors (Lipinski definition) is 1. The van der Waals surface area contributed by atoms with E-state index in [1.165, 1.54) is 38.2 Å². The van der Waals surface area contributed by atoms with Gasteiger partial charge in [0.05, 0.1) is 5.56 Å². The van der Waals surface area contributed by atoms with Crippen LogP contribution in [0.25, 0.3) is 0 Å². The summed E-state index contributed by atoms with van der Waals surface area (Å²) in [4.78, 5) is 25.3. The van der Waals surface area contributed by atoms with Gasteiger partial charge in [-0.05, 0) is 49.4 Å². The number of aryl methyl sites for hydroxylation is 1. The van der Waals surface area contributed by atoms with E-state index >= 15 is 0 Å². The second kappa shape index (κ2) is 6.74. The summed E-state index contributed by atoms with van der Waals surface area (Å²) in [7, 11) is 1.81. The van der Waals surface area contributed by atoms with Crippen LogP contribution in [0, 0.1) is 12.8 Å². The fourth-order valence-electron chi connectivity index (χ4n) is 3.09. The number of amides is 1. The molecule has 1 saturated carbocycles. The van der Waals surface area contributed by atoms with E-state index in [0.717, 1.165) is 12.1 Å². The number of carbonyl (C=O) groups excluding carboxylic acids is 1. The van der Waals surface area contributed by atoms with Crippen LogP contribution in [0.3, 0.4) is 0 Å². The summed E-state index contributed by atoms with van der Waals surface area (Å²) in [6, 6.07) is 4.81. The summed E-state index contributed by atoms with van der Waals surface area (Å²) in [5, 5.41) is 9.09. The molecule has 0 spiro atoms. The Morgan fingerprint density at radius 2 is 1.76 bits per heavy atom. The number of hydrogen-bond acceptors (Lipinski definition) is 2. The second-order valence-corrected chi connectivity index (χ2v) is 6.08. The number of carboxylic acids is 1. The van der Waals surface area contributed by atoms with Gasteiger partial charge in [0, 0.05) is 19.2 Å². The van der Waals surface area contributed by atoms with Crippen LogP contribution in [0.1, 0.15) is 58.4 Å². The van der Waals surface area contributed by atoms with Crippen molar-refractivity contribution in [2.45, 2.75) is 39.0 Å². The number of aromatic carboxylic acids is 1. The lowest BCUT2D eigenvalue weighted by atomic mass is 9.89. The van der Waals surface area contributed by atoms with Gasteiger partial charge in [-0.1, -0.05) is 19.3 Å². The van der Waals surface area contributed by atoms with Gasteiger partial charge in [-0.3, -0.25) is 4.79 Å². The van der Waals surface area contributed by atoms with Gasteiger partial charge in [0.25, 0.3) is 5.91 Å². The van der Waals surface area contributed by atoms with E-state index < -0.39 is 5.97 Å². The summed E-state index contributed by atoms with van der Waals surface area (Å²) in [5.74, 6) is -0.508. The lowest BCUT2D eigenvalue weighted by molar-refractivity contribution is 0.0696. The molecule has 0 unspecified atom stereocenters. The van der Waals surface area contributed by atoms with Crippen LogP contribution in [-0.2, 0) is 0 Å². The topological polar surface area (TPSA) is 57.6 Å². The molecule has 4 nitrogen and oxygen atoms in total. The number of benzene rings is 1. The molecule has 1 aromatic rings. The molecule has 0 aromatic heterocycles. The van der Waals surface area contributed by atoms with Crippen molar-refractivity contribution in [2.24, 2.45) is 5.92 Å². The highest BCUT2D eigenvalue weighted by molar-refractivity contribution is 5.97. The van der Waals surface area contributed by atoms with Crippen LogP contribution in [-0.4, -0.2) is 35.5 Å². The van der Waals surface area contributed by atoms with Gasteiger partial charge in [0.1, 0.15) is 0 Å². The first kappa shape index (κ1) is 15.5. The van der Waals surface area contributed by atoms with E-state index in [1.807, 2.05) is 6.92 Å². The van der Waals surface area contributed by atoms with Gasteiger partial charge in [0.15, 0.2) is 0 Å². The zero-order valence-corrected chi connectivity index (χ0v) is 12.8.